The highest BCUT2D eigenvalue weighted by Crippen LogP contribution is 2.42. The predicted octanol–water partition coefficient (Wildman–Crippen LogP) is 14.0. The number of aromatic nitrogens is 1. The molecular weight excluding hydrogens is 631 g/mol. The number of para-hydroxylation sites is 3. The van der Waals surface area contributed by atoms with Crippen molar-refractivity contribution in [2.75, 3.05) is 0 Å². The van der Waals surface area contributed by atoms with Gasteiger partial charge < -0.3 is 8.98 Å². The van der Waals surface area contributed by atoms with Gasteiger partial charge in [-0.15, -0.1) is 0 Å². The number of hydrogen-bond donors (Lipinski definition) is 0. The number of nitrogens with zero attached hydrogens (tertiary/aromatic N) is 1. The number of benzene rings is 9. The monoisotopic (exact) mass is 661 g/mol. The van der Waals surface area contributed by atoms with Gasteiger partial charge in [-0.3, -0.25) is 0 Å². The van der Waals surface area contributed by atoms with E-state index in [0.29, 0.717) is 0 Å². The molecule has 0 radical (unpaired) electrons. The fraction of sp³-hybridized carbons (Fsp3) is 0. The number of furan rings is 1. The van der Waals surface area contributed by atoms with Crippen molar-refractivity contribution in [1.29, 1.82) is 0 Å². The predicted molar refractivity (Wildman–Crippen MR) is 219 cm³/mol. The van der Waals surface area contributed by atoms with Crippen LogP contribution in [0.15, 0.2) is 192 Å². The number of rotatable bonds is 4. The lowest BCUT2D eigenvalue weighted by molar-refractivity contribution is 0.670. The van der Waals surface area contributed by atoms with Crippen LogP contribution in [0.1, 0.15) is 0 Å². The first-order valence-electron chi connectivity index (χ1n) is 17.8. The molecule has 52 heavy (non-hydrogen) atoms. The van der Waals surface area contributed by atoms with E-state index in [9.17, 15) is 0 Å². The zero-order valence-corrected chi connectivity index (χ0v) is 28.3. The maximum Gasteiger partial charge on any atom is 0.143 e. The van der Waals surface area contributed by atoms with Crippen molar-refractivity contribution >= 4 is 65.3 Å². The molecule has 0 aliphatic carbocycles. The van der Waals surface area contributed by atoms with E-state index in [2.05, 4.69) is 187 Å². The van der Waals surface area contributed by atoms with Gasteiger partial charge in [-0.2, -0.15) is 0 Å². The fourth-order valence-corrected chi connectivity index (χ4v) is 8.40. The van der Waals surface area contributed by atoms with Crippen molar-refractivity contribution in [3.05, 3.63) is 188 Å². The molecule has 0 saturated heterocycles. The number of fused-ring (bicyclic) bond motifs is 8. The van der Waals surface area contributed by atoms with E-state index < -0.39 is 0 Å². The first-order chi connectivity index (χ1) is 25.8. The van der Waals surface area contributed by atoms with Crippen LogP contribution in [0.2, 0.25) is 0 Å². The molecular formula is C50H31NO. The molecule has 0 fully saturated rings. The Morgan fingerprint density at radius 1 is 0.327 bits per heavy atom. The lowest BCUT2D eigenvalue weighted by Crippen LogP contribution is -1.96. The van der Waals surface area contributed by atoms with Crippen molar-refractivity contribution in [3.63, 3.8) is 0 Å². The molecule has 0 atom stereocenters. The molecule has 2 aromatic heterocycles. The van der Waals surface area contributed by atoms with Crippen molar-refractivity contribution in [2.24, 2.45) is 0 Å². The molecule has 0 spiro atoms. The van der Waals surface area contributed by atoms with Crippen LogP contribution in [0.25, 0.3) is 104 Å². The van der Waals surface area contributed by atoms with E-state index in [1.807, 2.05) is 6.07 Å². The van der Waals surface area contributed by atoms with E-state index in [0.717, 1.165) is 38.8 Å². The Bertz CT molecular complexity index is 3090. The van der Waals surface area contributed by atoms with Gasteiger partial charge in [0.05, 0.1) is 11.0 Å². The van der Waals surface area contributed by atoms with E-state index in [1.165, 1.54) is 65.6 Å². The van der Waals surface area contributed by atoms with Crippen LogP contribution in [-0.4, -0.2) is 4.57 Å². The molecule has 242 valence electrons. The molecule has 2 heteroatoms. The van der Waals surface area contributed by atoms with Gasteiger partial charge in [-0.05, 0) is 91.8 Å². The van der Waals surface area contributed by atoms with Crippen molar-refractivity contribution in [3.8, 4) is 39.1 Å². The summed E-state index contributed by atoms with van der Waals surface area (Å²) in [6.07, 6.45) is 0. The van der Waals surface area contributed by atoms with Crippen LogP contribution in [0, 0.1) is 0 Å². The van der Waals surface area contributed by atoms with E-state index in [4.69, 9.17) is 4.42 Å². The number of hydrogen-bond acceptors (Lipinski definition) is 1. The Labute approximate surface area is 300 Å². The average Bonchev–Trinajstić information content (AvgIpc) is 3.76. The Morgan fingerprint density at radius 2 is 0.865 bits per heavy atom. The van der Waals surface area contributed by atoms with Crippen LogP contribution in [0.4, 0.5) is 0 Å². The van der Waals surface area contributed by atoms with Crippen LogP contribution < -0.4 is 0 Å². The van der Waals surface area contributed by atoms with Gasteiger partial charge in [-0.25, -0.2) is 0 Å². The lowest BCUT2D eigenvalue weighted by atomic mass is 9.92. The highest BCUT2D eigenvalue weighted by Gasteiger charge is 2.18. The van der Waals surface area contributed by atoms with Crippen LogP contribution in [0.3, 0.4) is 0 Å². The summed E-state index contributed by atoms with van der Waals surface area (Å²) in [4.78, 5) is 0. The summed E-state index contributed by atoms with van der Waals surface area (Å²) in [5.41, 5.74) is 12.4. The minimum absolute atomic E-state index is 0.913. The third-order valence-electron chi connectivity index (χ3n) is 10.8. The van der Waals surface area contributed by atoms with Gasteiger partial charge in [0.15, 0.2) is 0 Å². The first kappa shape index (κ1) is 28.9. The van der Waals surface area contributed by atoms with Gasteiger partial charge in [0.1, 0.15) is 11.2 Å². The Morgan fingerprint density at radius 3 is 1.60 bits per heavy atom. The summed E-state index contributed by atoms with van der Waals surface area (Å²) in [5, 5.41) is 9.69. The second kappa shape index (κ2) is 11.3. The quantitative estimate of drug-likeness (QED) is 0.184. The molecule has 2 heterocycles. The highest BCUT2D eigenvalue weighted by atomic mass is 16.3. The Hall–Kier alpha value is -6.90. The molecule has 11 aromatic rings. The third-order valence-corrected chi connectivity index (χ3v) is 10.8. The van der Waals surface area contributed by atoms with Crippen LogP contribution in [-0.2, 0) is 0 Å². The Kier molecular flexibility index (Phi) is 6.28. The summed E-state index contributed by atoms with van der Waals surface area (Å²) in [5.74, 6) is 0. The Balaban J connectivity index is 1.18. The van der Waals surface area contributed by atoms with Crippen LogP contribution in [0.5, 0.6) is 0 Å². The van der Waals surface area contributed by atoms with Crippen molar-refractivity contribution in [2.45, 2.75) is 0 Å². The molecule has 0 amide bonds. The molecule has 0 aliphatic heterocycles. The van der Waals surface area contributed by atoms with Gasteiger partial charge in [0.2, 0.25) is 0 Å². The van der Waals surface area contributed by atoms with Crippen LogP contribution >= 0.6 is 0 Å². The summed E-state index contributed by atoms with van der Waals surface area (Å²) in [6, 6.07) is 68.2. The molecule has 0 unspecified atom stereocenters. The maximum atomic E-state index is 6.48. The molecule has 0 saturated carbocycles. The van der Waals surface area contributed by atoms with E-state index >= 15 is 0 Å². The maximum absolute atomic E-state index is 6.48. The average molecular weight is 662 g/mol. The van der Waals surface area contributed by atoms with E-state index in [-0.39, 0.29) is 0 Å². The first-order valence-corrected chi connectivity index (χ1v) is 17.8. The lowest BCUT2D eigenvalue weighted by Gasteiger charge is -2.16. The SMILES string of the molecule is c1ccc2c(-c3cc(-c4cccc5ccccc45)cc(-n4c5ccccc5c5cc(-c6cccc7c6oc6ccccc67)ccc54)c3)cccc2c1. The zero-order valence-electron chi connectivity index (χ0n) is 28.3. The highest BCUT2D eigenvalue weighted by molar-refractivity contribution is 6.13. The zero-order chi connectivity index (χ0) is 34.2. The van der Waals surface area contributed by atoms with Gasteiger partial charge >= 0.3 is 0 Å². The second-order valence-corrected chi connectivity index (χ2v) is 13.7. The second-order valence-electron chi connectivity index (χ2n) is 13.7. The molecule has 9 aromatic carbocycles. The fourth-order valence-electron chi connectivity index (χ4n) is 8.40. The smallest absolute Gasteiger partial charge is 0.143 e. The minimum Gasteiger partial charge on any atom is -0.455 e. The molecule has 11 rings (SSSR count). The summed E-state index contributed by atoms with van der Waals surface area (Å²) < 4.78 is 8.92. The van der Waals surface area contributed by atoms with Gasteiger partial charge in [0.25, 0.3) is 0 Å². The molecule has 0 N–H and O–H groups in total. The topological polar surface area (TPSA) is 18.1 Å². The van der Waals surface area contributed by atoms with Gasteiger partial charge in [-0.1, -0.05) is 146 Å². The summed E-state index contributed by atoms with van der Waals surface area (Å²) in [6.45, 7) is 0. The molecule has 0 aliphatic rings. The summed E-state index contributed by atoms with van der Waals surface area (Å²) >= 11 is 0. The van der Waals surface area contributed by atoms with Crippen molar-refractivity contribution in [1.82, 2.24) is 4.57 Å². The molecule has 2 nitrogen and oxygen atoms in total. The van der Waals surface area contributed by atoms with Gasteiger partial charge in [0, 0.05) is 32.8 Å². The normalized spacial score (nSPS) is 11.8. The standard InChI is InChI=1S/C50H31NO/c1-3-16-38-32(12-1)14-9-20-40(38)35-28-36(41-21-10-15-33-13-2-4-17-39(33)41)30-37(29-35)51-47-24-7-5-18-43(47)46-31-34(26-27-48(46)51)42-22-11-23-45-44-19-6-8-25-49(44)52-50(42)45/h1-31H. The largest absolute Gasteiger partial charge is 0.455 e. The summed E-state index contributed by atoms with van der Waals surface area (Å²) in [7, 11) is 0. The third kappa shape index (κ3) is 4.38. The van der Waals surface area contributed by atoms with E-state index in [1.54, 1.807) is 0 Å². The molecule has 0 bridgehead atoms. The van der Waals surface area contributed by atoms with Crippen molar-refractivity contribution < 1.29 is 4.42 Å². The minimum atomic E-state index is 0.913.